The lowest BCUT2D eigenvalue weighted by atomic mass is 10.1. The molecule has 1 heterocycles. The molecule has 0 atom stereocenters. The van der Waals surface area contributed by atoms with Gasteiger partial charge in [0.2, 0.25) is 0 Å². The van der Waals surface area contributed by atoms with Crippen molar-refractivity contribution in [2.75, 3.05) is 6.61 Å². The predicted molar refractivity (Wildman–Crippen MR) is 83.5 cm³/mol. The summed E-state index contributed by atoms with van der Waals surface area (Å²) in [5.41, 5.74) is 2.12. The molecule has 4 heteroatoms. The molecule has 0 amide bonds. The van der Waals surface area contributed by atoms with Crippen LogP contribution in [0.4, 0.5) is 0 Å². The molecule has 0 saturated heterocycles. The summed E-state index contributed by atoms with van der Waals surface area (Å²) in [4.78, 5) is 23.9. The molecule has 112 valence electrons. The van der Waals surface area contributed by atoms with Crippen molar-refractivity contribution in [3.63, 3.8) is 0 Å². The van der Waals surface area contributed by atoms with Gasteiger partial charge in [-0.15, -0.1) is 0 Å². The van der Waals surface area contributed by atoms with Crippen LogP contribution in [0, 0.1) is 17.8 Å². The number of benzene rings is 1. The molecule has 0 bridgehead atoms. The normalized spacial score (nSPS) is 13.5. The molecule has 3 rings (SSSR count). The summed E-state index contributed by atoms with van der Waals surface area (Å²) in [5.74, 6) is 5.44. The number of aryl methyl sites for hydroxylation is 1. The Morgan fingerprint density at radius 1 is 1.36 bits per heavy atom. The Bertz CT molecular complexity index is 816. The maximum Gasteiger partial charge on any atom is 0.379 e. The van der Waals surface area contributed by atoms with Crippen LogP contribution in [0.1, 0.15) is 35.7 Å². The first-order chi connectivity index (χ1) is 10.6. The number of carbonyl (C=O) groups is 2. The third kappa shape index (κ3) is 2.75. The summed E-state index contributed by atoms with van der Waals surface area (Å²) in [6.45, 7) is 1.87. The Morgan fingerprint density at radius 2 is 2.14 bits per heavy atom. The van der Waals surface area contributed by atoms with E-state index >= 15 is 0 Å². The highest BCUT2D eigenvalue weighted by Crippen LogP contribution is 2.28. The van der Waals surface area contributed by atoms with Crippen molar-refractivity contribution in [1.82, 2.24) is 4.57 Å². The van der Waals surface area contributed by atoms with E-state index in [-0.39, 0.29) is 6.61 Å². The highest BCUT2D eigenvalue weighted by atomic mass is 16.5. The zero-order valence-electron chi connectivity index (χ0n) is 12.7. The highest BCUT2D eigenvalue weighted by molar-refractivity contribution is 6.43. The monoisotopic (exact) mass is 295 g/mol. The number of hydrogen-bond donors (Lipinski definition) is 0. The van der Waals surface area contributed by atoms with Gasteiger partial charge in [0.1, 0.15) is 0 Å². The minimum Gasteiger partial charge on any atom is -0.460 e. The zero-order valence-corrected chi connectivity index (χ0v) is 12.7. The number of ketones is 1. The average molecular weight is 295 g/mol. The van der Waals surface area contributed by atoms with E-state index in [9.17, 15) is 9.59 Å². The first-order valence-corrected chi connectivity index (χ1v) is 7.42. The Morgan fingerprint density at radius 3 is 2.82 bits per heavy atom. The van der Waals surface area contributed by atoms with Gasteiger partial charge < -0.3 is 9.30 Å². The number of carbonyl (C=O) groups excluding carboxylic acids is 2. The standard InChI is InChI=1S/C18H17NO3/c1-3-22-18(21)17(20)15-11-19(2)16-9-8-13(10-14(15)16)7-6-12-4-5-12/h8-12H,3-5H2,1-2H3. The number of rotatable bonds is 3. The van der Waals surface area contributed by atoms with E-state index in [4.69, 9.17) is 4.74 Å². The molecule has 0 spiro atoms. The minimum atomic E-state index is -0.815. The molecule has 0 N–H and O–H groups in total. The smallest absolute Gasteiger partial charge is 0.379 e. The van der Waals surface area contributed by atoms with Crippen molar-refractivity contribution in [3.8, 4) is 11.8 Å². The maximum absolute atomic E-state index is 12.2. The molecule has 4 nitrogen and oxygen atoms in total. The quantitative estimate of drug-likeness (QED) is 0.378. The first kappa shape index (κ1) is 14.4. The molecular formula is C18H17NO3. The van der Waals surface area contributed by atoms with Gasteiger partial charge in [-0.1, -0.05) is 11.8 Å². The van der Waals surface area contributed by atoms with Crippen molar-refractivity contribution < 1.29 is 14.3 Å². The van der Waals surface area contributed by atoms with Gasteiger partial charge in [-0.05, 0) is 38.0 Å². The second-order valence-electron chi connectivity index (χ2n) is 5.48. The van der Waals surface area contributed by atoms with Crippen LogP contribution in [-0.2, 0) is 16.6 Å². The minimum absolute atomic E-state index is 0.188. The summed E-state index contributed by atoms with van der Waals surface area (Å²) in [6, 6.07) is 5.74. The van der Waals surface area contributed by atoms with Crippen molar-refractivity contribution >= 4 is 22.7 Å². The molecule has 1 saturated carbocycles. The summed E-state index contributed by atoms with van der Waals surface area (Å²) >= 11 is 0. The lowest BCUT2D eigenvalue weighted by Crippen LogP contribution is -2.17. The fourth-order valence-electron chi connectivity index (χ4n) is 2.37. The SMILES string of the molecule is CCOC(=O)C(=O)c1cn(C)c2ccc(C#CC3CC3)cc12. The fourth-order valence-corrected chi connectivity index (χ4v) is 2.37. The fraction of sp³-hybridized carbons (Fsp3) is 0.333. The van der Waals surface area contributed by atoms with E-state index in [1.165, 1.54) is 12.8 Å². The topological polar surface area (TPSA) is 48.3 Å². The third-order valence-electron chi connectivity index (χ3n) is 3.69. The second kappa shape index (κ2) is 5.69. The van der Waals surface area contributed by atoms with Gasteiger partial charge in [-0.25, -0.2) is 4.79 Å². The molecule has 2 aromatic rings. The number of nitrogens with zero attached hydrogens (tertiary/aromatic N) is 1. The summed E-state index contributed by atoms with van der Waals surface area (Å²) < 4.78 is 6.64. The number of aromatic nitrogens is 1. The van der Waals surface area contributed by atoms with E-state index in [2.05, 4.69) is 11.8 Å². The van der Waals surface area contributed by atoms with Gasteiger partial charge in [-0.2, -0.15) is 0 Å². The number of hydrogen-bond acceptors (Lipinski definition) is 3. The third-order valence-corrected chi connectivity index (χ3v) is 3.69. The van der Waals surface area contributed by atoms with Crippen LogP contribution in [0.5, 0.6) is 0 Å². The van der Waals surface area contributed by atoms with Gasteiger partial charge in [0, 0.05) is 35.6 Å². The van der Waals surface area contributed by atoms with Gasteiger partial charge in [0.05, 0.1) is 12.2 Å². The van der Waals surface area contributed by atoms with E-state index in [1.54, 1.807) is 13.1 Å². The van der Waals surface area contributed by atoms with Gasteiger partial charge >= 0.3 is 5.97 Å². The van der Waals surface area contributed by atoms with Gasteiger partial charge in [0.25, 0.3) is 5.78 Å². The highest BCUT2D eigenvalue weighted by Gasteiger charge is 2.22. The molecule has 1 fully saturated rings. The Balaban J connectivity index is 2.02. The Kier molecular flexibility index (Phi) is 3.72. The molecule has 0 unspecified atom stereocenters. The van der Waals surface area contributed by atoms with Crippen LogP contribution in [-0.4, -0.2) is 22.9 Å². The second-order valence-corrected chi connectivity index (χ2v) is 5.48. The Hall–Kier alpha value is -2.54. The average Bonchev–Trinajstić information content (AvgIpc) is 3.29. The van der Waals surface area contributed by atoms with E-state index in [0.29, 0.717) is 11.5 Å². The van der Waals surface area contributed by atoms with Crippen molar-refractivity contribution in [1.29, 1.82) is 0 Å². The first-order valence-electron chi connectivity index (χ1n) is 7.42. The lowest BCUT2D eigenvalue weighted by molar-refractivity contribution is -0.137. The molecule has 1 aromatic heterocycles. The Labute approximate surface area is 129 Å². The summed E-state index contributed by atoms with van der Waals surface area (Å²) in [7, 11) is 1.85. The molecule has 1 aliphatic carbocycles. The van der Waals surface area contributed by atoms with Crippen LogP contribution in [0.3, 0.4) is 0 Å². The molecule has 0 radical (unpaired) electrons. The molecule has 1 aliphatic rings. The largest absolute Gasteiger partial charge is 0.460 e. The van der Waals surface area contributed by atoms with Gasteiger partial charge in [0.15, 0.2) is 0 Å². The zero-order chi connectivity index (χ0) is 15.7. The van der Waals surface area contributed by atoms with E-state index < -0.39 is 11.8 Å². The molecule has 22 heavy (non-hydrogen) atoms. The van der Waals surface area contributed by atoms with Gasteiger partial charge in [-0.3, -0.25) is 4.79 Å². The summed E-state index contributed by atoms with van der Waals surface area (Å²) in [5, 5.41) is 0.739. The molecular weight excluding hydrogens is 278 g/mol. The van der Waals surface area contributed by atoms with E-state index in [1.807, 2.05) is 29.8 Å². The van der Waals surface area contributed by atoms with Crippen molar-refractivity contribution in [2.45, 2.75) is 19.8 Å². The number of Topliss-reactive ketones (excluding diaryl/α,β-unsaturated/α-hetero) is 1. The number of ether oxygens (including phenoxy) is 1. The van der Waals surface area contributed by atoms with E-state index in [0.717, 1.165) is 16.5 Å². The van der Waals surface area contributed by atoms with Crippen molar-refractivity contribution in [2.24, 2.45) is 13.0 Å². The van der Waals surface area contributed by atoms with Crippen LogP contribution in [0.2, 0.25) is 0 Å². The van der Waals surface area contributed by atoms with Crippen molar-refractivity contribution in [3.05, 3.63) is 35.5 Å². The maximum atomic E-state index is 12.2. The molecule has 0 aliphatic heterocycles. The van der Waals surface area contributed by atoms with Crippen LogP contribution in [0.15, 0.2) is 24.4 Å². The van der Waals surface area contributed by atoms with Crippen LogP contribution < -0.4 is 0 Å². The predicted octanol–water partition coefficient (Wildman–Crippen LogP) is 2.69. The molecule has 1 aromatic carbocycles. The summed E-state index contributed by atoms with van der Waals surface area (Å²) in [6.07, 6.45) is 4.02. The van der Waals surface area contributed by atoms with Crippen LogP contribution >= 0.6 is 0 Å². The lowest BCUT2D eigenvalue weighted by Gasteiger charge is -2.00. The number of fused-ring (bicyclic) bond motifs is 1. The van der Waals surface area contributed by atoms with Crippen LogP contribution in [0.25, 0.3) is 10.9 Å². The number of esters is 1.